The fourth-order valence-corrected chi connectivity index (χ4v) is 4.83. The number of sulfonamides is 1. The Morgan fingerprint density at radius 2 is 1.71 bits per heavy atom. The molecule has 3 aromatic rings. The number of hydrogen-bond donors (Lipinski definition) is 0. The summed E-state index contributed by atoms with van der Waals surface area (Å²) in [5, 5.41) is 0. The third kappa shape index (κ3) is 4.39. The van der Waals surface area contributed by atoms with Gasteiger partial charge in [0.25, 0.3) is 0 Å². The SMILES string of the molecule is Cc1nc(N2CCN(S(=O)(=O)c3cccc(C(F)(F)F)c3)CC2)cc(-n2ccnc2)n1. The van der Waals surface area contributed by atoms with Crippen molar-refractivity contribution in [1.29, 1.82) is 0 Å². The highest BCUT2D eigenvalue weighted by Crippen LogP contribution is 2.31. The van der Waals surface area contributed by atoms with Gasteiger partial charge in [-0.1, -0.05) is 6.07 Å². The molecule has 2 aromatic heterocycles. The van der Waals surface area contributed by atoms with Crippen LogP contribution >= 0.6 is 0 Å². The number of imidazole rings is 1. The molecule has 1 saturated heterocycles. The van der Waals surface area contributed by atoms with E-state index in [2.05, 4.69) is 15.0 Å². The Balaban J connectivity index is 1.51. The molecule has 0 atom stereocenters. The molecule has 1 aliphatic heterocycles. The number of benzene rings is 1. The maximum atomic E-state index is 13.0. The topological polar surface area (TPSA) is 84.2 Å². The number of anilines is 1. The number of halogens is 3. The van der Waals surface area contributed by atoms with Crippen LogP contribution in [0.4, 0.5) is 19.0 Å². The van der Waals surface area contributed by atoms with Crippen LogP contribution < -0.4 is 4.90 Å². The van der Waals surface area contributed by atoms with E-state index in [9.17, 15) is 21.6 Å². The van der Waals surface area contributed by atoms with Crippen LogP contribution in [-0.2, 0) is 16.2 Å². The van der Waals surface area contributed by atoms with E-state index in [4.69, 9.17) is 0 Å². The Hall–Kier alpha value is -2.99. The molecule has 31 heavy (non-hydrogen) atoms. The number of aryl methyl sites for hydroxylation is 1. The number of nitrogens with zero attached hydrogens (tertiary/aromatic N) is 6. The third-order valence-electron chi connectivity index (χ3n) is 4.94. The Morgan fingerprint density at radius 3 is 2.35 bits per heavy atom. The minimum atomic E-state index is -4.61. The third-order valence-corrected chi connectivity index (χ3v) is 6.84. The zero-order valence-corrected chi connectivity index (χ0v) is 17.3. The van der Waals surface area contributed by atoms with Crippen LogP contribution in [0.15, 0.2) is 53.9 Å². The number of rotatable bonds is 4. The molecule has 4 rings (SSSR count). The van der Waals surface area contributed by atoms with Gasteiger partial charge in [-0.15, -0.1) is 0 Å². The Bertz CT molecular complexity index is 1170. The van der Waals surface area contributed by atoms with Gasteiger partial charge in [0, 0.05) is 44.6 Å². The van der Waals surface area contributed by atoms with Crippen LogP contribution in [0.2, 0.25) is 0 Å². The lowest BCUT2D eigenvalue weighted by Gasteiger charge is -2.34. The van der Waals surface area contributed by atoms with Crippen LogP contribution in [0.25, 0.3) is 5.82 Å². The molecule has 0 N–H and O–H groups in total. The normalized spacial score (nSPS) is 15.9. The van der Waals surface area contributed by atoms with E-state index in [1.54, 1.807) is 36.3 Å². The predicted octanol–water partition coefficient (Wildman–Crippen LogP) is 2.50. The van der Waals surface area contributed by atoms with Gasteiger partial charge < -0.3 is 4.90 Å². The lowest BCUT2D eigenvalue weighted by Crippen LogP contribution is -2.49. The zero-order chi connectivity index (χ0) is 22.2. The van der Waals surface area contributed by atoms with Crippen LogP contribution in [0, 0.1) is 6.92 Å². The summed E-state index contributed by atoms with van der Waals surface area (Å²) >= 11 is 0. The van der Waals surface area contributed by atoms with E-state index in [0.29, 0.717) is 36.6 Å². The number of aromatic nitrogens is 4. The molecule has 0 aliphatic carbocycles. The van der Waals surface area contributed by atoms with E-state index >= 15 is 0 Å². The van der Waals surface area contributed by atoms with Gasteiger partial charge in [-0.05, 0) is 25.1 Å². The van der Waals surface area contributed by atoms with Gasteiger partial charge >= 0.3 is 6.18 Å². The summed E-state index contributed by atoms with van der Waals surface area (Å²) in [6.45, 7) is 2.71. The minimum Gasteiger partial charge on any atom is -0.354 e. The summed E-state index contributed by atoms with van der Waals surface area (Å²) in [5.41, 5.74) is -0.990. The van der Waals surface area contributed by atoms with Crippen LogP contribution in [0.1, 0.15) is 11.4 Å². The summed E-state index contributed by atoms with van der Waals surface area (Å²) in [6.07, 6.45) is 0.396. The molecule has 1 fully saturated rings. The molecule has 3 heterocycles. The van der Waals surface area contributed by atoms with Crippen molar-refractivity contribution in [3.05, 3.63) is 60.4 Å². The maximum absolute atomic E-state index is 13.0. The highest BCUT2D eigenvalue weighted by molar-refractivity contribution is 7.89. The van der Waals surface area contributed by atoms with Gasteiger partial charge in [0.2, 0.25) is 10.0 Å². The largest absolute Gasteiger partial charge is 0.416 e. The average Bonchev–Trinajstić information content (AvgIpc) is 3.28. The second-order valence-corrected chi connectivity index (χ2v) is 8.96. The van der Waals surface area contributed by atoms with Crippen LogP contribution in [0.3, 0.4) is 0 Å². The molecule has 0 spiro atoms. The average molecular weight is 452 g/mol. The van der Waals surface area contributed by atoms with E-state index < -0.39 is 21.8 Å². The zero-order valence-electron chi connectivity index (χ0n) is 16.5. The minimum absolute atomic E-state index is 0.127. The Morgan fingerprint density at radius 1 is 1.00 bits per heavy atom. The fourth-order valence-electron chi connectivity index (χ4n) is 3.36. The van der Waals surface area contributed by atoms with Gasteiger partial charge in [-0.2, -0.15) is 17.5 Å². The summed E-state index contributed by atoms with van der Waals surface area (Å²) in [4.78, 5) is 14.4. The quantitative estimate of drug-likeness (QED) is 0.605. The number of hydrogen-bond acceptors (Lipinski definition) is 6. The summed E-state index contributed by atoms with van der Waals surface area (Å²) in [7, 11) is -4.04. The van der Waals surface area contributed by atoms with Gasteiger partial charge in [0.1, 0.15) is 23.8 Å². The Labute approximate surface area is 177 Å². The lowest BCUT2D eigenvalue weighted by atomic mass is 10.2. The summed E-state index contributed by atoms with van der Waals surface area (Å²) in [6, 6.07) is 5.60. The molecule has 164 valence electrons. The first kappa shape index (κ1) is 21.2. The molecule has 0 radical (unpaired) electrons. The molecule has 1 aromatic carbocycles. The Kier molecular flexibility index (Phi) is 5.43. The second-order valence-electron chi connectivity index (χ2n) is 7.02. The first-order valence-electron chi connectivity index (χ1n) is 9.41. The van der Waals surface area contributed by atoms with E-state index in [-0.39, 0.29) is 18.0 Å². The number of piperazine rings is 1. The van der Waals surface area contributed by atoms with Crippen molar-refractivity contribution in [3.63, 3.8) is 0 Å². The second kappa shape index (κ2) is 7.93. The standard InChI is InChI=1S/C19H19F3N6O2S/c1-14-24-17(12-18(25-14)27-6-5-23-13-27)26-7-9-28(10-8-26)31(29,30)16-4-2-3-15(11-16)19(20,21)22/h2-6,11-13H,7-10H2,1H3. The monoisotopic (exact) mass is 452 g/mol. The van der Waals surface area contributed by atoms with Crippen LogP contribution in [-0.4, -0.2) is 58.4 Å². The molecular formula is C19H19F3N6O2S. The van der Waals surface area contributed by atoms with Crippen LogP contribution in [0.5, 0.6) is 0 Å². The van der Waals surface area contributed by atoms with E-state index in [1.807, 2.05) is 4.90 Å². The molecular weight excluding hydrogens is 433 g/mol. The van der Waals surface area contributed by atoms with Crippen molar-refractivity contribution in [3.8, 4) is 5.82 Å². The molecule has 1 aliphatic rings. The van der Waals surface area contributed by atoms with E-state index in [0.717, 1.165) is 12.1 Å². The van der Waals surface area contributed by atoms with Gasteiger partial charge in [0.05, 0.1) is 10.5 Å². The predicted molar refractivity (Wildman–Crippen MR) is 106 cm³/mol. The lowest BCUT2D eigenvalue weighted by molar-refractivity contribution is -0.137. The molecule has 0 bridgehead atoms. The van der Waals surface area contributed by atoms with Crippen molar-refractivity contribution < 1.29 is 21.6 Å². The van der Waals surface area contributed by atoms with Crippen molar-refractivity contribution >= 4 is 15.8 Å². The molecule has 0 amide bonds. The smallest absolute Gasteiger partial charge is 0.354 e. The highest BCUT2D eigenvalue weighted by Gasteiger charge is 2.34. The van der Waals surface area contributed by atoms with E-state index in [1.165, 1.54) is 10.4 Å². The maximum Gasteiger partial charge on any atom is 0.416 e. The van der Waals surface area contributed by atoms with Gasteiger partial charge in [-0.3, -0.25) is 4.57 Å². The summed E-state index contributed by atoms with van der Waals surface area (Å²) in [5.74, 6) is 1.84. The highest BCUT2D eigenvalue weighted by atomic mass is 32.2. The first-order valence-corrected chi connectivity index (χ1v) is 10.8. The first-order chi connectivity index (χ1) is 14.6. The van der Waals surface area contributed by atoms with Gasteiger partial charge in [-0.25, -0.2) is 23.4 Å². The molecule has 12 heteroatoms. The summed E-state index contributed by atoms with van der Waals surface area (Å²) < 4.78 is 67.6. The van der Waals surface area contributed by atoms with Crippen molar-refractivity contribution in [2.45, 2.75) is 18.0 Å². The van der Waals surface area contributed by atoms with Crippen molar-refractivity contribution in [2.24, 2.45) is 0 Å². The molecule has 8 nitrogen and oxygen atoms in total. The van der Waals surface area contributed by atoms with Gasteiger partial charge in [0.15, 0.2) is 0 Å². The van der Waals surface area contributed by atoms with Crippen molar-refractivity contribution in [1.82, 2.24) is 23.8 Å². The molecule has 0 saturated carbocycles. The fraction of sp³-hybridized carbons (Fsp3) is 0.316. The molecule has 0 unspecified atom stereocenters. The van der Waals surface area contributed by atoms with Crippen molar-refractivity contribution in [2.75, 3.05) is 31.1 Å². The number of alkyl halides is 3.